The van der Waals surface area contributed by atoms with E-state index in [1.807, 2.05) is 54.0 Å². The van der Waals surface area contributed by atoms with Gasteiger partial charge in [-0.3, -0.25) is 9.47 Å². The number of aromatic nitrogens is 2. The number of halogens is 1. The minimum Gasteiger partial charge on any atom is -0.286 e. The molecule has 0 amide bonds. The molecule has 1 aliphatic heterocycles. The lowest BCUT2D eigenvalue weighted by Gasteiger charge is -2.32. The molecular formula is C28H28ClN3O. The molecule has 1 fully saturated rings. The maximum absolute atomic E-state index is 13.2. The standard InChI is InChI=1S/C28H28ClN3O/c1-20-11-12-23(18-25(20)29)27-24-9-5-6-10-26(24)32(28(33)30-27)19-31-15-13-22(14-16-31)17-21-7-3-2-4-8-21/h2-12,18,22H,13-17,19H2,1H3. The van der Waals surface area contributed by atoms with E-state index in [0.717, 1.165) is 54.4 Å². The summed E-state index contributed by atoms with van der Waals surface area (Å²) in [5.41, 5.74) is 4.67. The smallest absolute Gasteiger partial charge is 0.286 e. The van der Waals surface area contributed by atoms with E-state index >= 15 is 0 Å². The Hall–Kier alpha value is -2.95. The van der Waals surface area contributed by atoms with E-state index in [1.54, 1.807) is 0 Å². The largest absolute Gasteiger partial charge is 0.349 e. The molecule has 2 heterocycles. The molecule has 0 radical (unpaired) electrons. The summed E-state index contributed by atoms with van der Waals surface area (Å²) >= 11 is 6.36. The van der Waals surface area contributed by atoms with Gasteiger partial charge in [-0.15, -0.1) is 0 Å². The van der Waals surface area contributed by atoms with Gasteiger partial charge in [0, 0.05) is 29.1 Å². The van der Waals surface area contributed by atoms with Crippen molar-refractivity contribution >= 4 is 22.5 Å². The second-order valence-corrected chi connectivity index (χ2v) is 9.45. The molecule has 33 heavy (non-hydrogen) atoms. The minimum atomic E-state index is -0.216. The minimum absolute atomic E-state index is 0.216. The highest BCUT2D eigenvalue weighted by molar-refractivity contribution is 6.31. The first-order valence-electron chi connectivity index (χ1n) is 11.6. The summed E-state index contributed by atoms with van der Waals surface area (Å²) in [5, 5.41) is 1.65. The zero-order valence-electron chi connectivity index (χ0n) is 18.9. The SMILES string of the molecule is Cc1ccc(-c2nc(=O)n(CN3CCC(Cc4ccccc4)CC3)c3ccccc23)cc1Cl. The topological polar surface area (TPSA) is 38.1 Å². The molecule has 4 nitrogen and oxygen atoms in total. The zero-order valence-corrected chi connectivity index (χ0v) is 19.6. The van der Waals surface area contributed by atoms with Crippen molar-refractivity contribution in [1.29, 1.82) is 0 Å². The van der Waals surface area contributed by atoms with Gasteiger partial charge in [-0.25, -0.2) is 4.79 Å². The third-order valence-corrected chi connectivity index (χ3v) is 7.16. The molecule has 0 saturated carbocycles. The average Bonchev–Trinajstić information content (AvgIpc) is 2.84. The molecule has 1 saturated heterocycles. The quantitative estimate of drug-likeness (QED) is 0.372. The molecule has 0 bridgehead atoms. The summed E-state index contributed by atoms with van der Waals surface area (Å²) in [6, 6.07) is 24.6. The first-order chi connectivity index (χ1) is 16.1. The molecule has 5 rings (SSSR count). The van der Waals surface area contributed by atoms with Crippen LogP contribution in [0.4, 0.5) is 0 Å². The number of piperidine rings is 1. The highest BCUT2D eigenvalue weighted by atomic mass is 35.5. The van der Waals surface area contributed by atoms with Crippen LogP contribution in [0.25, 0.3) is 22.2 Å². The third-order valence-electron chi connectivity index (χ3n) is 6.75. The highest BCUT2D eigenvalue weighted by Crippen LogP contribution is 2.29. The monoisotopic (exact) mass is 457 g/mol. The van der Waals surface area contributed by atoms with E-state index < -0.39 is 0 Å². The number of hydrogen-bond donors (Lipinski definition) is 0. The number of benzene rings is 3. The Morgan fingerprint density at radius 3 is 2.45 bits per heavy atom. The zero-order chi connectivity index (χ0) is 22.8. The van der Waals surface area contributed by atoms with E-state index in [1.165, 1.54) is 5.56 Å². The molecule has 1 aliphatic rings. The van der Waals surface area contributed by atoms with E-state index in [-0.39, 0.29) is 5.69 Å². The van der Waals surface area contributed by atoms with Crippen molar-refractivity contribution in [3.05, 3.63) is 99.4 Å². The maximum atomic E-state index is 13.2. The van der Waals surface area contributed by atoms with E-state index in [0.29, 0.717) is 23.3 Å². The Morgan fingerprint density at radius 1 is 0.970 bits per heavy atom. The van der Waals surface area contributed by atoms with Crippen molar-refractivity contribution in [2.45, 2.75) is 32.9 Å². The molecule has 1 aromatic heterocycles. The molecule has 0 spiro atoms. The lowest BCUT2D eigenvalue weighted by Crippen LogP contribution is -2.39. The van der Waals surface area contributed by atoms with Crippen LogP contribution in [0.1, 0.15) is 24.0 Å². The van der Waals surface area contributed by atoms with Crippen LogP contribution in [0.2, 0.25) is 5.02 Å². The van der Waals surface area contributed by atoms with Crippen LogP contribution in [0, 0.1) is 12.8 Å². The molecule has 0 aliphatic carbocycles. The molecule has 4 aromatic rings. The fraction of sp³-hybridized carbons (Fsp3) is 0.286. The number of rotatable bonds is 5. The van der Waals surface area contributed by atoms with Crippen LogP contribution in [0.3, 0.4) is 0 Å². The summed E-state index contributed by atoms with van der Waals surface area (Å²) in [4.78, 5) is 20.0. The van der Waals surface area contributed by atoms with Gasteiger partial charge in [0.2, 0.25) is 0 Å². The fourth-order valence-corrected chi connectivity index (χ4v) is 4.99. The molecule has 3 aromatic carbocycles. The van der Waals surface area contributed by atoms with Crippen LogP contribution in [0.5, 0.6) is 0 Å². The van der Waals surface area contributed by atoms with Crippen molar-refractivity contribution in [3.8, 4) is 11.3 Å². The van der Waals surface area contributed by atoms with E-state index in [2.05, 4.69) is 40.2 Å². The Kier molecular flexibility index (Phi) is 6.30. The molecule has 0 unspecified atom stereocenters. The first-order valence-corrected chi connectivity index (χ1v) is 12.0. The number of para-hydroxylation sites is 1. The number of hydrogen-bond acceptors (Lipinski definition) is 3. The van der Waals surface area contributed by atoms with Gasteiger partial charge >= 0.3 is 5.69 Å². The van der Waals surface area contributed by atoms with Gasteiger partial charge in [-0.2, -0.15) is 4.98 Å². The van der Waals surface area contributed by atoms with Crippen molar-refractivity contribution in [2.75, 3.05) is 13.1 Å². The van der Waals surface area contributed by atoms with Gasteiger partial charge in [0.15, 0.2) is 0 Å². The molecule has 0 atom stereocenters. The average molecular weight is 458 g/mol. The predicted octanol–water partition coefficient (Wildman–Crippen LogP) is 5.94. The molecule has 168 valence electrons. The Balaban J connectivity index is 1.38. The van der Waals surface area contributed by atoms with Gasteiger partial charge in [0.25, 0.3) is 0 Å². The number of aryl methyl sites for hydroxylation is 1. The second-order valence-electron chi connectivity index (χ2n) is 9.04. The van der Waals surface area contributed by atoms with Crippen LogP contribution in [0.15, 0.2) is 77.6 Å². The lowest BCUT2D eigenvalue weighted by atomic mass is 9.90. The van der Waals surface area contributed by atoms with Crippen LogP contribution < -0.4 is 5.69 Å². The first kappa shape index (κ1) is 21.9. The van der Waals surface area contributed by atoms with Crippen LogP contribution >= 0.6 is 11.6 Å². The summed E-state index contributed by atoms with van der Waals surface area (Å²) in [7, 11) is 0. The van der Waals surface area contributed by atoms with Gasteiger partial charge in [-0.05, 0) is 55.4 Å². The Bertz CT molecular complexity index is 1320. The molecule has 5 heteroatoms. The number of fused-ring (bicyclic) bond motifs is 1. The number of nitrogens with zero attached hydrogens (tertiary/aromatic N) is 3. The Morgan fingerprint density at radius 2 is 1.70 bits per heavy atom. The van der Waals surface area contributed by atoms with Crippen molar-refractivity contribution < 1.29 is 0 Å². The fourth-order valence-electron chi connectivity index (χ4n) is 4.80. The van der Waals surface area contributed by atoms with Gasteiger partial charge < -0.3 is 0 Å². The van der Waals surface area contributed by atoms with Crippen LogP contribution in [-0.4, -0.2) is 27.5 Å². The van der Waals surface area contributed by atoms with Crippen molar-refractivity contribution in [1.82, 2.24) is 14.5 Å². The summed E-state index contributed by atoms with van der Waals surface area (Å²) < 4.78 is 1.81. The second kappa shape index (κ2) is 9.50. The van der Waals surface area contributed by atoms with Crippen molar-refractivity contribution in [2.24, 2.45) is 5.92 Å². The van der Waals surface area contributed by atoms with Crippen molar-refractivity contribution in [3.63, 3.8) is 0 Å². The maximum Gasteiger partial charge on any atom is 0.349 e. The van der Waals surface area contributed by atoms with Gasteiger partial charge in [0.1, 0.15) is 0 Å². The third kappa shape index (κ3) is 4.73. The molecule has 0 N–H and O–H groups in total. The summed E-state index contributed by atoms with van der Waals surface area (Å²) in [5.74, 6) is 0.698. The van der Waals surface area contributed by atoms with Gasteiger partial charge in [-0.1, -0.05) is 72.3 Å². The lowest BCUT2D eigenvalue weighted by molar-refractivity contribution is 0.147. The normalized spacial score (nSPS) is 15.2. The summed E-state index contributed by atoms with van der Waals surface area (Å²) in [6.45, 7) is 4.53. The Labute approximate surface area is 199 Å². The van der Waals surface area contributed by atoms with E-state index in [9.17, 15) is 4.79 Å². The summed E-state index contributed by atoms with van der Waals surface area (Å²) in [6.07, 6.45) is 3.43. The number of likely N-dealkylation sites (tertiary alicyclic amines) is 1. The van der Waals surface area contributed by atoms with E-state index in [4.69, 9.17) is 11.6 Å². The van der Waals surface area contributed by atoms with Crippen LogP contribution in [-0.2, 0) is 13.1 Å². The predicted molar refractivity (Wildman–Crippen MR) is 136 cm³/mol. The van der Waals surface area contributed by atoms with Gasteiger partial charge in [0.05, 0.1) is 17.9 Å². The highest BCUT2D eigenvalue weighted by Gasteiger charge is 2.21. The molecular weight excluding hydrogens is 430 g/mol.